The quantitative estimate of drug-likeness (QED) is 0.846. The molecule has 6 nitrogen and oxygen atoms in total. The van der Waals surface area contributed by atoms with Crippen molar-refractivity contribution in [2.75, 3.05) is 5.32 Å². The van der Waals surface area contributed by atoms with Gasteiger partial charge in [-0.15, -0.1) is 0 Å². The molecule has 106 valence electrons. The number of carboxylic acid groups (broad SMARTS) is 1. The summed E-state index contributed by atoms with van der Waals surface area (Å²) in [4.78, 5) is 15.2. The van der Waals surface area contributed by atoms with Gasteiger partial charge in [-0.05, 0) is 26.0 Å². The second kappa shape index (κ2) is 5.50. The second-order valence-electron chi connectivity index (χ2n) is 4.46. The van der Waals surface area contributed by atoms with E-state index in [4.69, 9.17) is 16.7 Å². The molecule has 0 saturated heterocycles. The first kappa shape index (κ1) is 14.3. The van der Waals surface area contributed by atoms with Gasteiger partial charge in [-0.25, -0.2) is 9.78 Å². The molecule has 0 aliphatic rings. The Hall–Kier alpha value is -2.08. The number of aryl methyl sites for hydroxylation is 2. The zero-order chi connectivity index (χ0) is 14.9. The molecule has 0 atom stereocenters. The predicted octanol–water partition coefficient (Wildman–Crippen LogP) is 2.40. The Kier molecular flexibility index (Phi) is 3.94. The van der Waals surface area contributed by atoms with Gasteiger partial charge < -0.3 is 10.4 Å². The van der Waals surface area contributed by atoms with Gasteiger partial charge in [0.05, 0.1) is 5.69 Å². The normalized spacial score (nSPS) is 10.6. The highest BCUT2D eigenvalue weighted by atomic mass is 35.5. The maximum atomic E-state index is 11.1. The number of aromatic nitrogens is 3. The largest absolute Gasteiger partial charge is 0.478 e. The molecule has 2 heterocycles. The molecular weight excluding hydrogens is 280 g/mol. The Morgan fingerprint density at radius 1 is 1.45 bits per heavy atom. The van der Waals surface area contributed by atoms with Gasteiger partial charge in [0.2, 0.25) is 0 Å². The minimum atomic E-state index is -1.05. The van der Waals surface area contributed by atoms with Crippen LogP contribution >= 0.6 is 11.6 Å². The van der Waals surface area contributed by atoms with Gasteiger partial charge in [0, 0.05) is 24.8 Å². The minimum Gasteiger partial charge on any atom is -0.478 e. The summed E-state index contributed by atoms with van der Waals surface area (Å²) in [7, 11) is 1.87. The van der Waals surface area contributed by atoms with Crippen LogP contribution in [0.4, 0.5) is 5.82 Å². The van der Waals surface area contributed by atoms with Crippen LogP contribution in [0, 0.1) is 13.8 Å². The third-order valence-electron chi connectivity index (χ3n) is 3.18. The number of pyridine rings is 1. The number of carboxylic acids is 1. The Morgan fingerprint density at radius 2 is 2.15 bits per heavy atom. The summed E-state index contributed by atoms with van der Waals surface area (Å²) < 4.78 is 1.79. The van der Waals surface area contributed by atoms with Crippen LogP contribution < -0.4 is 5.32 Å². The van der Waals surface area contributed by atoms with Crippen LogP contribution in [0.5, 0.6) is 0 Å². The highest BCUT2D eigenvalue weighted by Crippen LogP contribution is 2.19. The summed E-state index contributed by atoms with van der Waals surface area (Å²) in [6.07, 6.45) is 0. The second-order valence-corrected chi connectivity index (χ2v) is 4.85. The van der Waals surface area contributed by atoms with Crippen molar-refractivity contribution in [3.63, 3.8) is 0 Å². The molecule has 2 rings (SSSR count). The Bertz CT molecular complexity index is 667. The molecule has 0 bridgehead atoms. The van der Waals surface area contributed by atoms with Crippen molar-refractivity contribution in [1.82, 2.24) is 14.8 Å². The lowest BCUT2D eigenvalue weighted by atomic mass is 10.2. The van der Waals surface area contributed by atoms with Crippen LogP contribution in [0.25, 0.3) is 0 Å². The molecule has 0 aliphatic heterocycles. The maximum absolute atomic E-state index is 11.1. The molecule has 0 radical (unpaired) electrons. The number of carbonyl (C=O) groups is 1. The Labute approximate surface area is 121 Å². The van der Waals surface area contributed by atoms with E-state index < -0.39 is 5.97 Å². The maximum Gasteiger partial charge on any atom is 0.339 e. The molecule has 0 amide bonds. The van der Waals surface area contributed by atoms with Crippen molar-refractivity contribution in [2.24, 2.45) is 7.05 Å². The van der Waals surface area contributed by atoms with E-state index in [1.807, 2.05) is 20.9 Å². The van der Waals surface area contributed by atoms with Gasteiger partial charge in [0.1, 0.15) is 16.5 Å². The van der Waals surface area contributed by atoms with Crippen LogP contribution in [0.1, 0.15) is 27.3 Å². The van der Waals surface area contributed by atoms with E-state index in [0.29, 0.717) is 6.54 Å². The third kappa shape index (κ3) is 2.75. The third-order valence-corrected chi connectivity index (χ3v) is 3.39. The summed E-state index contributed by atoms with van der Waals surface area (Å²) in [6.45, 7) is 4.31. The number of rotatable bonds is 4. The fourth-order valence-electron chi connectivity index (χ4n) is 1.99. The van der Waals surface area contributed by atoms with E-state index >= 15 is 0 Å². The van der Waals surface area contributed by atoms with Crippen LogP contribution in [-0.2, 0) is 13.6 Å². The van der Waals surface area contributed by atoms with Gasteiger partial charge in [-0.3, -0.25) is 4.68 Å². The molecular formula is C13H15ClN4O2. The Balaban J connectivity index is 2.27. The number of aromatic carboxylic acids is 1. The van der Waals surface area contributed by atoms with Crippen molar-refractivity contribution in [3.8, 4) is 0 Å². The van der Waals surface area contributed by atoms with Crippen LogP contribution in [-0.4, -0.2) is 25.8 Å². The summed E-state index contributed by atoms with van der Waals surface area (Å²) in [5.74, 6) is -0.788. The SMILES string of the molecule is Cc1nn(C)c(C)c1CNc1nc(Cl)ccc1C(=O)O. The first-order valence-electron chi connectivity index (χ1n) is 6.03. The van der Waals surface area contributed by atoms with Crippen molar-refractivity contribution in [3.05, 3.63) is 39.8 Å². The number of anilines is 1. The number of nitrogens with zero attached hydrogens (tertiary/aromatic N) is 3. The van der Waals surface area contributed by atoms with E-state index in [2.05, 4.69) is 15.4 Å². The van der Waals surface area contributed by atoms with Gasteiger partial charge in [0.25, 0.3) is 0 Å². The lowest BCUT2D eigenvalue weighted by molar-refractivity contribution is 0.0697. The predicted molar refractivity (Wildman–Crippen MR) is 76.2 cm³/mol. The molecule has 0 aromatic carbocycles. The molecule has 0 unspecified atom stereocenters. The Morgan fingerprint density at radius 3 is 2.70 bits per heavy atom. The molecule has 2 aromatic rings. The standard InChI is InChI=1S/C13H15ClN4O2/c1-7-10(8(2)18(3)17-7)6-15-12-9(13(19)20)4-5-11(14)16-12/h4-5H,6H2,1-3H3,(H,15,16)(H,19,20). The summed E-state index contributed by atoms with van der Waals surface area (Å²) >= 11 is 5.81. The van der Waals surface area contributed by atoms with Crippen molar-refractivity contribution >= 4 is 23.4 Å². The number of halogens is 1. The van der Waals surface area contributed by atoms with Crippen molar-refractivity contribution in [2.45, 2.75) is 20.4 Å². The molecule has 2 aromatic heterocycles. The molecule has 0 aliphatic carbocycles. The smallest absolute Gasteiger partial charge is 0.339 e. The van der Waals surface area contributed by atoms with Gasteiger partial charge in [-0.2, -0.15) is 5.10 Å². The van der Waals surface area contributed by atoms with Gasteiger partial charge in [-0.1, -0.05) is 11.6 Å². The molecule has 0 spiro atoms. The summed E-state index contributed by atoms with van der Waals surface area (Å²) in [6, 6.07) is 2.89. The van der Waals surface area contributed by atoms with Crippen molar-refractivity contribution < 1.29 is 9.90 Å². The van der Waals surface area contributed by atoms with Crippen LogP contribution in [0.2, 0.25) is 5.15 Å². The molecule has 0 saturated carbocycles. The van der Waals surface area contributed by atoms with E-state index in [1.165, 1.54) is 12.1 Å². The average Bonchev–Trinajstić information content (AvgIpc) is 2.61. The highest BCUT2D eigenvalue weighted by Gasteiger charge is 2.14. The van der Waals surface area contributed by atoms with Gasteiger partial charge in [0.15, 0.2) is 0 Å². The zero-order valence-electron chi connectivity index (χ0n) is 11.4. The monoisotopic (exact) mass is 294 g/mol. The lowest BCUT2D eigenvalue weighted by Gasteiger charge is -2.09. The topological polar surface area (TPSA) is 80.0 Å². The van der Waals surface area contributed by atoms with E-state index in [-0.39, 0.29) is 16.5 Å². The average molecular weight is 295 g/mol. The molecule has 2 N–H and O–H groups in total. The first-order valence-corrected chi connectivity index (χ1v) is 6.40. The molecule has 0 fully saturated rings. The number of hydrogen-bond acceptors (Lipinski definition) is 4. The summed E-state index contributed by atoms with van der Waals surface area (Å²) in [5.41, 5.74) is 3.03. The highest BCUT2D eigenvalue weighted by molar-refractivity contribution is 6.29. The fourth-order valence-corrected chi connectivity index (χ4v) is 2.14. The fraction of sp³-hybridized carbons (Fsp3) is 0.308. The first-order chi connectivity index (χ1) is 9.40. The van der Waals surface area contributed by atoms with E-state index in [0.717, 1.165) is 17.0 Å². The zero-order valence-corrected chi connectivity index (χ0v) is 12.2. The number of nitrogens with one attached hydrogen (secondary N) is 1. The summed E-state index contributed by atoms with van der Waals surface area (Å²) in [5, 5.41) is 16.7. The van der Waals surface area contributed by atoms with Crippen molar-refractivity contribution in [1.29, 1.82) is 0 Å². The van der Waals surface area contributed by atoms with E-state index in [1.54, 1.807) is 4.68 Å². The van der Waals surface area contributed by atoms with Crippen LogP contribution in [0.3, 0.4) is 0 Å². The van der Waals surface area contributed by atoms with E-state index in [9.17, 15) is 4.79 Å². The van der Waals surface area contributed by atoms with Gasteiger partial charge >= 0.3 is 5.97 Å². The molecule has 20 heavy (non-hydrogen) atoms. The molecule has 7 heteroatoms. The van der Waals surface area contributed by atoms with Crippen LogP contribution in [0.15, 0.2) is 12.1 Å². The lowest BCUT2D eigenvalue weighted by Crippen LogP contribution is -2.09. The minimum absolute atomic E-state index is 0.0913. The number of hydrogen-bond donors (Lipinski definition) is 2.